The summed E-state index contributed by atoms with van der Waals surface area (Å²) >= 11 is 0. The van der Waals surface area contributed by atoms with Gasteiger partial charge in [0, 0.05) is 49.3 Å². The average molecular weight is 264 g/mol. The van der Waals surface area contributed by atoms with Crippen LogP contribution in [0.25, 0.3) is 0 Å². The van der Waals surface area contributed by atoms with Crippen LogP contribution in [-0.2, 0) is 11.8 Å². The maximum absolute atomic E-state index is 6.71. The molecule has 3 rings (SSSR count). The van der Waals surface area contributed by atoms with Gasteiger partial charge in [0.05, 0.1) is 6.10 Å². The van der Waals surface area contributed by atoms with E-state index >= 15 is 0 Å². The molecule has 1 aliphatic heterocycles. The Balaban J connectivity index is 1.71. The molecule has 0 aromatic carbocycles. The maximum atomic E-state index is 6.71. The van der Waals surface area contributed by atoms with Crippen LogP contribution in [0.15, 0.2) is 12.3 Å². The highest BCUT2D eigenvalue weighted by Crippen LogP contribution is 2.57. The van der Waals surface area contributed by atoms with E-state index in [1.807, 2.05) is 19.3 Å². The first kappa shape index (κ1) is 12.9. The zero-order chi connectivity index (χ0) is 13.7. The van der Waals surface area contributed by atoms with Crippen molar-refractivity contribution in [2.75, 3.05) is 18.5 Å². The predicted octanol–water partition coefficient (Wildman–Crippen LogP) is 1.36. The molecule has 3 unspecified atom stereocenters. The largest absolute Gasteiger partial charge is 0.377 e. The lowest BCUT2D eigenvalue weighted by molar-refractivity contribution is -0.222. The summed E-state index contributed by atoms with van der Waals surface area (Å²) in [6.45, 7) is 6.08. The topological polar surface area (TPSA) is 65.1 Å². The number of nitrogens with zero attached hydrogens (tertiary/aromatic N) is 2. The van der Waals surface area contributed by atoms with Gasteiger partial charge in [0.25, 0.3) is 0 Å². The Bertz CT molecular complexity index is 470. The second-order valence-corrected chi connectivity index (χ2v) is 6.53. The van der Waals surface area contributed by atoms with E-state index in [2.05, 4.69) is 24.3 Å². The number of nitrogens with one attached hydrogen (secondary N) is 1. The summed E-state index contributed by atoms with van der Waals surface area (Å²) in [7, 11) is 1.92. The quantitative estimate of drug-likeness (QED) is 0.865. The van der Waals surface area contributed by atoms with Crippen LogP contribution < -0.4 is 11.1 Å². The number of hydrogen-bond acceptors (Lipinski definition) is 4. The van der Waals surface area contributed by atoms with Gasteiger partial charge in [-0.05, 0) is 12.8 Å². The van der Waals surface area contributed by atoms with Crippen LogP contribution >= 0.6 is 0 Å². The van der Waals surface area contributed by atoms with Crippen LogP contribution in [-0.4, -0.2) is 34.6 Å². The molecule has 2 fully saturated rings. The summed E-state index contributed by atoms with van der Waals surface area (Å²) in [5.41, 5.74) is 6.51. The van der Waals surface area contributed by atoms with Gasteiger partial charge in [0.1, 0.15) is 5.82 Å². The average Bonchev–Trinajstić information content (AvgIpc) is 2.82. The van der Waals surface area contributed by atoms with Crippen molar-refractivity contribution in [3.8, 4) is 0 Å². The van der Waals surface area contributed by atoms with Crippen molar-refractivity contribution in [1.29, 1.82) is 0 Å². The van der Waals surface area contributed by atoms with Crippen molar-refractivity contribution in [2.45, 2.75) is 38.3 Å². The summed E-state index contributed by atoms with van der Waals surface area (Å²) in [5.74, 6) is 1.36. The minimum Gasteiger partial charge on any atom is -0.377 e. The van der Waals surface area contributed by atoms with E-state index in [0.717, 1.165) is 25.4 Å². The Kier molecular flexibility index (Phi) is 2.87. The van der Waals surface area contributed by atoms with E-state index < -0.39 is 0 Å². The minimum absolute atomic E-state index is 0.0138. The zero-order valence-corrected chi connectivity index (χ0v) is 12.0. The van der Waals surface area contributed by atoms with Gasteiger partial charge in [-0.25, -0.2) is 0 Å². The second kappa shape index (κ2) is 4.21. The molecule has 3 atom stereocenters. The van der Waals surface area contributed by atoms with Crippen molar-refractivity contribution in [2.24, 2.45) is 24.1 Å². The Morgan fingerprint density at radius 3 is 3.05 bits per heavy atom. The number of ether oxygens (including phenoxy) is 1. The van der Waals surface area contributed by atoms with Crippen LogP contribution in [0.4, 0.5) is 5.82 Å². The van der Waals surface area contributed by atoms with Crippen LogP contribution in [0.3, 0.4) is 0 Å². The third-order valence-corrected chi connectivity index (χ3v) is 5.17. The van der Waals surface area contributed by atoms with Gasteiger partial charge < -0.3 is 15.8 Å². The number of hydrogen-bond donors (Lipinski definition) is 2. The predicted molar refractivity (Wildman–Crippen MR) is 74.9 cm³/mol. The molecule has 5 nitrogen and oxygen atoms in total. The standard InChI is InChI=1S/C14H24N4O/c1-13(2)12-10(5-4-8-19-12)14(13,15)9-16-11-6-7-18(3)17-11/h6-7,10,12H,4-5,8-9,15H2,1-3H3,(H,16,17). The molecule has 5 heteroatoms. The number of fused-ring (bicyclic) bond motifs is 1. The highest BCUT2D eigenvalue weighted by Gasteiger charge is 2.66. The smallest absolute Gasteiger partial charge is 0.148 e. The van der Waals surface area contributed by atoms with E-state index in [4.69, 9.17) is 10.5 Å². The number of aromatic nitrogens is 2. The first-order chi connectivity index (χ1) is 8.95. The lowest BCUT2D eigenvalue weighted by Gasteiger charge is -2.66. The fraction of sp³-hybridized carbons (Fsp3) is 0.786. The molecule has 2 heterocycles. The monoisotopic (exact) mass is 264 g/mol. The molecule has 1 aliphatic carbocycles. The van der Waals surface area contributed by atoms with Crippen molar-refractivity contribution < 1.29 is 4.74 Å². The van der Waals surface area contributed by atoms with E-state index in [9.17, 15) is 0 Å². The van der Waals surface area contributed by atoms with Crippen LogP contribution in [0.1, 0.15) is 26.7 Å². The van der Waals surface area contributed by atoms with Gasteiger partial charge in [-0.15, -0.1) is 0 Å². The Hall–Kier alpha value is -1.07. The Morgan fingerprint density at radius 2 is 2.37 bits per heavy atom. The summed E-state index contributed by atoms with van der Waals surface area (Å²) in [6, 6.07) is 1.98. The summed E-state index contributed by atoms with van der Waals surface area (Å²) in [6.07, 6.45) is 4.55. The summed E-state index contributed by atoms with van der Waals surface area (Å²) in [4.78, 5) is 0. The van der Waals surface area contributed by atoms with Gasteiger partial charge >= 0.3 is 0 Å². The fourth-order valence-electron chi connectivity index (χ4n) is 3.77. The first-order valence-corrected chi connectivity index (χ1v) is 7.09. The van der Waals surface area contributed by atoms with E-state index in [1.54, 1.807) is 4.68 Å². The van der Waals surface area contributed by atoms with Crippen molar-refractivity contribution in [3.63, 3.8) is 0 Å². The summed E-state index contributed by atoms with van der Waals surface area (Å²) in [5, 5.41) is 7.73. The summed E-state index contributed by atoms with van der Waals surface area (Å²) < 4.78 is 7.71. The van der Waals surface area contributed by atoms with Gasteiger partial charge in [-0.3, -0.25) is 4.68 Å². The highest BCUT2D eigenvalue weighted by atomic mass is 16.5. The van der Waals surface area contributed by atoms with Crippen LogP contribution in [0.5, 0.6) is 0 Å². The normalized spacial score (nSPS) is 36.4. The molecule has 0 spiro atoms. The number of aryl methyl sites for hydroxylation is 1. The minimum atomic E-state index is -0.213. The fourth-order valence-corrected chi connectivity index (χ4v) is 3.77. The second-order valence-electron chi connectivity index (χ2n) is 6.53. The molecule has 19 heavy (non-hydrogen) atoms. The van der Waals surface area contributed by atoms with E-state index in [-0.39, 0.29) is 11.0 Å². The van der Waals surface area contributed by atoms with Crippen molar-refractivity contribution in [3.05, 3.63) is 12.3 Å². The maximum Gasteiger partial charge on any atom is 0.148 e. The molecule has 2 aliphatic rings. The molecule has 1 saturated heterocycles. The molecular weight excluding hydrogens is 240 g/mol. The van der Waals surface area contributed by atoms with Gasteiger partial charge in [-0.2, -0.15) is 5.10 Å². The van der Waals surface area contributed by atoms with Gasteiger partial charge in [-0.1, -0.05) is 13.8 Å². The van der Waals surface area contributed by atoms with Crippen molar-refractivity contribution >= 4 is 5.82 Å². The lowest BCUT2D eigenvalue weighted by Crippen LogP contribution is -2.79. The number of rotatable bonds is 3. The molecule has 106 valence electrons. The van der Waals surface area contributed by atoms with Crippen LogP contribution in [0, 0.1) is 11.3 Å². The van der Waals surface area contributed by atoms with Gasteiger partial charge in [0.2, 0.25) is 0 Å². The highest BCUT2D eigenvalue weighted by molar-refractivity contribution is 5.35. The zero-order valence-electron chi connectivity index (χ0n) is 12.0. The molecule has 0 bridgehead atoms. The van der Waals surface area contributed by atoms with Gasteiger partial charge in [0.15, 0.2) is 0 Å². The molecule has 3 N–H and O–H groups in total. The SMILES string of the molecule is Cn1ccc(NCC2(N)C3CCCOC3C2(C)C)n1. The molecular formula is C14H24N4O. The molecule has 1 saturated carbocycles. The molecule has 0 amide bonds. The number of nitrogens with two attached hydrogens (primary N) is 1. The third-order valence-electron chi connectivity index (χ3n) is 5.17. The molecule has 1 aromatic rings. The van der Waals surface area contributed by atoms with E-state index in [0.29, 0.717) is 12.0 Å². The number of anilines is 1. The van der Waals surface area contributed by atoms with Crippen LogP contribution in [0.2, 0.25) is 0 Å². The first-order valence-electron chi connectivity index (χ1n) is 7.09. The van der Waals surface area contributed by atoms with E-state index in [1.165, 1.54) is 6.42 Å². The Morgan fingerprint density at radius 1 is 1.58 bits per heavy atom. The Labute approximate surface area is 114 Å². The molecule has 1 aromatic heterocycles. The van der Waals surface area contributed by atoms with Crippen molar-refractivity contribution in [1.82, 2.24) is 9.78 Å². The third kappa shape index (κ3) is 1.79. The lowest BCUT2D eigenvalue weighted by atomic mass is 9.46. The molecule has 0 radical (unpaired) electrons.